The van der Waals surface area contributed by atoms with Crippen LogP contribution in [0.15, 0.2) is 71.2 Å². The Morgan fingerprint density at radius 2 is 1.33 bits per heavy atom. The minimum absolute atomic E-state index is 0.0743. The third-order valence-corrected chi connectivity index (χ3v) is 9.96. The van der Waals surface area contributed by atoms with E-state index in [0.717, 1.165) is 27.2 Å². The van der Waals surface area contributed by atoms with E-state index < -0.39 is 33.4 Å². The average molecular weight is 605 g/mol. The molecule has 3 aromatic carbocycles. The van der Waals surface area contributed by atoms with Crippen LogP contribution in [-0.4, -0.2) is 29.2 Å². The molecule has 3 amide bonds. The van der Waals surface area contributed by atoms with Crippen LogP contribution in [0.3, 0.4) is 0 Å². The van der Waals surface area contributed by atoms with Gasteiger partial charge >= 0.3 is 0 Å². The highest BCUT2D eigenvalue weighted by molar-refractivity contribution is 9.10. The number of nitrogens with zero attached hydrogens (tertiary/aromatic N) is 1. The maximum atomic E-state index is 13.8. The van der Waals surface area contributed by atoms with E-state index in [1.165, 1.54) is 0 Å². The molecule has 1 fully saturated rings. The molecule has 0 radical (unpaired) electrons. The Bertz CT molecular complexity index is 1350. The zero-order valence-electron chi connectivity index (χ0n) is 18.6. The Balaban J connectivity index is 1.33. The maximum Gasteiger partial charge on any atom is 0.235 e. The van der Waals surface area contributed by atoms with Gasteiger partial charge in [-0.05, 0) is 56.4 Å². The van der Waals surface area contributed by atoms with Crippen LogP contribution >= 0.6 is 50.7 Å². The largest absolute Gasteiger partial charge is 0.326 e. The molecule has 2 atom stereocenters. The third-order valence-electron chi connectivity index (χ3n) is 7.44. The summed E-state index contributed by atoms with van der Waals surface area (Å²) in [5.41, 5.74) is 3.50. The van der Waals surface area contributed by atoms with E-state index in [0.29, 0.717) is 15.2 Å². The lowest BCUT2D eigenvalue weighted by atomic mass is 9.54. The summed E-state index contributed by atoms with van der Waals surface area (Å²) in [6.45, 7) is -0.0760. The van der Waals surface area contributed by atoms with Crippen molar-refractivity contribution in [3.05, 3.63) is 98.5 Å². The van der Waals surface area contributed by atoms with Crippen LogP contribution in [0, 0.1) is 11.8 Å². The Morgan fingerprint density at radius 3 is 1.78 bits per heavy atom. The first-order valence-electron chi connectivity index (χ1n) is 11.4. The van der Waals surface area contributed by atoms with Crippen LogP contribution in [-0.2, 0) is 24.1 Å². The molecule has 3 aliphatic carbocycles. The molecule has 0 unspecified atom stereocenters. The molecule has 0 aromatic heterocycles. The molecule has 182 valence electrons. The molecule has 3 aromatic rings. The van der Waals surface area contributed by atoms with Crippen LogP contribution in [0.5, 0.6) is 0 Å². The number of imide groups is 1. The van der Waals surface area contributed by atoms with Gasteiger partial charge in [-0.1, -0.05) is 60.1 Å². The van der Waals surface area contributed by atoms with Gasteiger partial charge in [0.1, 0.15) is 9.75 Å². The number of hydrogen-bond donors (Lipinski definition) is 1. The molecule has 4 aliphatic rings. The second-order valence-electron chi connectivity index (χ2n) is 9.23. The lowest BCUT2D eigenvalue weighted by Crippen LogP contribution is -2.57. The Morgan fingerprint density at radius 1 is 0.861 bits per heavy atom. The van der Waals surface area contributed by atoms with Crippen molar-refractivity contribution in [1.82, 2.24) is 4.90 Å². The number of halogens is 4. The summed E-state index contributed by atoms with van der Waals surface area (Å²) >= 11 is 24.2. The third kappa shape index (κ3) is 3.11. The molecule has 1 N–H and O–H groups in total. The molecule has 7 rings (SSSR count). The highest BCUT2D eigenvalue weighted by atomic mass is 79.9. The van der Waals surface area contributed by atoms with Crippen molar-refractivity contribution in [3.8, 4) is 0 Å². The van der Waals surface area contributed by atoms with E-state index in [9.17, 15) is 14.4 Å². The second-order valence-corrected chi connectivity index (χ2v) is 11.7. The summed E-state index contributed by atoms with van der Waals surface area (Å²) in [6.07, 6.45) is -0.0743. The zero-order valence-corrected chi connectivity index (χ0v) is 22.5. The van der Waals surface area contributed by atoms with Gasteiger partial charge in [-0.15, -0.1) is 23.2 Å². The van der Waals surface area contributed by atoms with Crippen molar-refractivity contribution >= 4 is 74.1 Å². The van der Waals surface area contributed by atoms with Crippen molar-refractivity contribution in [2.45, 2.75) is 16.2 Å². The summed E-state index contributed by atoms with van der Waals surface area (Å²) in [7, 11) is 0. The number of alkyl halides is 2. The van der Waals surface area contributed by atoms with Gasteiger partial charge in [0.2, 0.25) is 17.7 Å². The van der Waals surface area contributed by atoms with Crippen molar-refractivity contribution in [2.24, 2.45) is 11.8 Å². The molecule has 1 aliphatic heterocycles. The van der Waals surface area contributed by atoms with E-state index >= 15 is 0 Å². The number of carbonyl (C=O) groups excluding carboxylic acids is 3. The zero-order chi connectivity index (χ0) is 25.4. The minimum Gasteiger partial charge on any atom is -0.326 e. The van der Waals surface area contributed by atoms with Crippen LogP contribution in [0.1, 0.15) is 28.7 Å². The minimum atomic E-state index is -1.23. The quantitative estimate of drug-likeness (QED) is 0.293. The Hall–Kier alpha value is -2.38. The van der Waals surface area contributed by atoms with Gasteiger partial charge in [0.25, 0.3) is 0 Å². The highest BCUT2D eigenvalue weighted by Crippen LogP contribution is 2.69. The van der Waals surface area contributed by atoms with Gasteiger partial charge in [0.05, 0.1) is 16.9 Å². The Labute approximate surface area is 230 Å². The van der Waals surface area contributed by atoms with Gasteiger partial charge in [-0.3, -0.25) is 19.3 Å². The fourth-order valence-corrected chi connectivity index (χ4v) is 7.48. The van der Waals surface area contributed by atoms with E-state index in [4.69, 9.17) is 34.8 Å². The predicted octanol–water partition coefficient (Wildman–Crippen LogP) is 6.02. The lowest BCUT2D eigenvalue weighted by Gasteiger charge is -2.54. The van der Waals surface area contributed by atoms with Crippen molar-refractivity contribution < 1.29 is 14.4 Å². The first-order chi connectivity index (χ1) is 17.2. The summed E-state index contributed by atoms with van der Waals surface area (Å²) in [5.74, 6) is -2.91. The number of nitrogens with one attached hydrogen (secondary N) is 1. The number of hydrogen-bond acceptors (Lipinski definition) is 3. The number of rotatable bonds is 4. The van der Waals surface area contributed by atoms with Gasteiger partial charge in [0.15, 0.2) is 0 Å². The Kier molecular flexibility index (Phi) is 5.54. The molecule has 1 heterocycles. The molecule has 5 nitrogen and oxygen atoms in total. The molecule has 0 saturated carbocycles. The van der Waals surface area contributed by atoms with Crippen molar-refractivity contribution in [3.63, 3.8) is 0 Å². The SMILES string of the molecule is O=C(CCN1C(=O)[C@H]2[C@H](C1=O)C1(Cl)c3ccccc3C2(Cl)c2ccccc21)Nc1ccc(Br)c(Cl)c1. The standard InChI is InChI=1S/C27H18BrCl3N2O3/c28-19-10-9-14(13-20(19)29)32-21(34)11-12-33-24(35)22-23(25(33)36)27(31)16-6-2-1-5-15(16)26(22,30)17-7-3-4-8-18(17)27/h1-10,13,22-23H,11-12H2,(H,32,34)/t22-,23-,26?,27?/m1/s1. The van der Waals surface area contributed by atoms with E-state index in [2.05, 4.69) is 21.2 Å². The van der Waals surface area contributed by atoms with E-state index in [-0.39, 0.29) is 18.9 Å². The van der Waals surface area contributed by atoms with Gasteiger partial charge in [-0.2, -0.15) is 0 Å². The molecule has 0 spiro atoms. The molecule has 9 heteroatoms. The number of amides is 3. The van der Waals surface area contributed by atoms with Crippen LogP contribution in [0.4, 0.5) is 5.69 Å². The first-order valence-corrected chi connectivity index (χ1v) is 13.3. The summed E-state index contributed by atoms with van der Waals surface area (Å²) in [5, 5.41) is 3.21. The smallest absolute Gasteiger partial charge is 0.235 e. The van der Waals surface area contributed by atoms with Crippen molar-refractivity contribution in [1.29, 1.82) is 0 Å². The molecular formula is C27H18BrCl3N2O3. The van der Waals surface area contributed by atoms with Crippen molar-refractivity contribution in [2.75, 3.05) is 11.9 Å². The monoisotopic (exact) mass is 602 g/mol. The van der Waals surface area contributed by atoms with E-state index in [1.807, 2.05) is 48.5 Å². The fourth-order valence-electron chi connectivity index (χ4n) is 5.96. The van der Waals surface area contributed by atoms with Gasteiger partial charge < -0.3 is 5.32 Å². The second kappa shape index (κ2) is 8.32. The molecular weight excluding hydrogens is 587 g/mol. The number of carbonyl (C=O) groups is 3. The molecule has 36 heavy (non-hydrogen) atoms. The summed E-state index contributed by atoms with van der Waals surface area (Å²) in [6, 6.07) is 20.0. The van der Waals surface area contributed by atoms with E-state index in [1.54, 1.807) is 18.2 Å². The molecule has 2 bridgehead atoms. The maximum absolute atomic E-state index is 13.8. The molecule has 1 saturated heterocycles. The number of anilines is 1. The normalized spacial score (nSPS) is 27.5. The number of benzene rings is 3. The van der Waals surface area contributed by atoms with Crippen LogP contribution < -0.4 is 5.32 Å². The average Bonchev–Trinajstić information content (AvgIpc) is 3.14. The lowest BCUT2D eigenvalue weighted by molar-refractivity contribution is -0.140. The highest BCUT2D eigenvalue weighted by Gasteiger charge is 2.72. The predicted molar refractivity (Wildman–Crippen MR) is 142 cm³/mol. The fraction of sp³-hybridized carbons (Fsp3) is 0.222. The van der Waals surface area contributed by atoms with Crippen LogP contribution in [0.25, 0.3) is 0 Å². The van der Waals surface area contributed by atoms with Crippen LogP contribution in [0.2, 0.25) is 5.02 Å². The topological polar surface area (TPSA) is 66.5 Å². The number of likely N-dealkylation sites (tertiary alicyclic amines) is 1. The summed E-state index contributed by atoms with van der Waals surface area (Å²) < 4.78 is 0.708. The first kappa shape index (κ1) is 24.0. The van der Waals surface area contributed by atoms with Gasteiger partial charge in [-0.25, -0.2) is 0 Å². The summed E-state index contributed by atoms with van der Waals surface area (Å²) in [4.78, 5) is 38.9. The van der Waals surface area contributed by atoms with Gasteiger partial charge in [0, 0.05) is 23.1 Å².